The van der Waals surface area contributed by atoms with Crippen LogP contribution in [0.4, 0.5) is 19.3 Å². The van der Waals surface area contributed by atoms with Gasteiger partial charge in [-0.05, 0) is 58.6 Å². The van der Waals surface area contributed by atoms with Crippen LogP contribution >= 0.6 is 11.8 Å². The second-order valence-electron chi connectivity index (χ2n) is 10.5. The highest BCUT2D eigenvalue weighted by Gasteiger charge is 2.30. The van der Waals surface area contributed by atoms with Crippen molar-refractivity contribution in [1.82, 2.24) is 14.9 Å². The van der Waals surface area contributed by atoms with Crippen LogP contribution in [0.15, 0.2) is 16.9 Å². The van der Waals surface area contributed by atoms with E-state index in [-0.39, 0.29) is 17.2 Å². The first kappa shape index (κ1) is 25.7. The molecule has 2 aliphatic rings. The molecular formula is C25H34F2N4O3S. The van der Waals surface area contributed by atoms with Crippen molar-refractivity contribution in [3.8, 4) is 0 Å². The molecule has 35 heavy (non-hydrogen) atoms. The predicted octanol–water partition coefficient (Wildman–Crippen LogP) is 5.39. The smallest absolute Gasteiger partial charge is 0.410 e. The van der Waals surface area contributed by atoms with Gasteiger partial charge in [-0.15, -0.1) is 0 Å². The van der Waals surface area contributed by atoms with E-state index in [2.05, 4.69) is 15.3 Å². The summed E-state index contributed by atoms with van der Waals surface area (Å²) in [5.74, 6) is 0.187. The van der Waals surface area contributed by atoms with Crippen LogP contribution in [0.5, 0.6) is 0 Å². The van der Waals surface area contributed by atoms with E-state index in [0.717, 1.165) is 25.7 Å². The van der Waals surface area contributed by atoms with Gasteiger partial charge in [-0.1, -0.05) is 12.8 Å². The molecule has 2 fully saturated rings. The number of amides is 1. The number of fused-ring (bicyclic) bond motifs is 1. The Balaban J connectivity index is 1.42. The van der Waals surface area contributed by atoms with Crippen LogP contribution in [0.25, 0.3) is 10.9 Å². The number of hydrogen-bond donors (Lipinski definition) is 2. The fourth-order valence-electron chi connectivity index (χ4n) is 4.68. The van der Waals surface area contributed by atoms with Gasteiger partial charge in [-0.2, -0.15) is 11.8 Å². The molecule has 1 aliphatic heterocycles. The number of rotatable bonds is 5. The molecule has 1 amide bonds. The molecule has 0 unspecified atom stereocenters. The third kappa shape index (κ3) is 6.86. The van der Waals surface area contributed by atoms with E-state index in [9.17, 15) is 18.4 Å². The molecule has 2 aromatic rings. The number of ether oxygens (including phenoxy) is 1. The van der Waals surface area contributed by atoms with Crippen molar-refractivity contribution >= 4 is 34.4 Å². The van der Waals surface area contributed by atoms with Crippen LogP contribution in [0, 0.1) is 5.82 Å². The molecule has 192 valence electrons. The van der Waals surface area contributed by atoms with Crippen LogP contribution in [0.1, 0.15) is 65.1 Å². The van der Waals surface area contributed by atoms with Gasteiger partial charge in [0.15, 0.2) is 0 Å². The van der Waals surface area contributed by atoms with Crippen LogP contribution in [0.3, 0.4) is 0 Å². The lowest BCUT2D eigenvalue weighted by Crippen LogP contribution is -2.39. The minimum atomic E-state index is -1.16. The molecule has 0 bridgehead atoms. The molecule has 1 aromatic carbocycles. The van der Waals surface area contributed by atoms with Crippen LogP contribution in [0.2, 0.25) is 0 Å². The molecule has 1 saturated heterocycles. The van der Waals surface area contributed by atoms with Crippen molar-refractivity contribution < 1.29 is 18.3 Å². The molecule has 10 heteroatoms. The summed E-state index contributed by atoms with van der Waals surface area (Å²) in [5, 5.41) is 3.25. The van der Waals surface area contributed by atoms with Crippen LogP contribution in [-0.4, -0.2) is 57.1 Å². The van der Waals surface area contributed by atoms with Crippen LogP contribution < -0.4 is 10.9 Å². The summed E-state index contributed by atoms with van der Waals surface area (Å²) in [6, 6.07) is 3.39. The number of aromatic amines is 1. The van der Waals surface area contributed by atoms with E-state index in [1.165, 1.54) is 22.7 Å². The largest absolute Gasteiger partial charge is 0.444 e. The molecule has 1 aliphatic carbocycles. The van der Waals surface area contributed by atoms with Gasteiger partial charge >= 0.3 is 6.09 Å². The van der Waals surface area contributed by atoms with E-state index < -0.39 is 29.2 Å². The maximum atomic E-state index is 14.7. The van der Waals surface area contributed by atoms with E-state index >= 15 is 0 Å². The number of carbonyl (C=O) groups excluding carboxylic acids is 1. The lowest BCUT2D eigenvalue weighted by atomic mass is 10.2. The Kier molecular flexibility index (Phi) is 7.88. The summed E-state index contributed by atoms with van der Waals surface area (Å²) in [6.07, 6.45) is 3.64. The third-order valence-corrected chi connectivity index (χ3v) is 7.64. The average molecular weight is 509 g/mol. The number of likely N-dealkylation sites (tertiary alicyclic amines) is 1. The monoisotopic (exact) mass is 508 g/mol. The van der Waals surface area contributed by atoms with Crippen LogP contribution in [-0.2, 0) is 10.5 Å². The molecule has 1 aromatic heterocycles. The van der Waals surface area contributed by atoms with Crippen molar-refractivity contribution in [3.63, 3.8) is 0 Å². The van der Waals surface area contributed by atoms with E-state index in [1.807, 2.05) is 0 Å². The lowest BCUT2D eigenvalue weighted by molar-refractivity contribution is 0.0221. The quantitative estimate of drug-likeness (QED) is 0.563. The summed E-state index contributed by atoms with van der Waals surface area (Å²) in [6.45, 7) is 5.75. The average Bonchev–Trinajstić information content (AvgIpc) is 3.17. The van der Waals surface area contributed by atoms with E-state index in [0.29, 0.717) is 48.2 Å². The van der Waals surface area contributed by atoms with E-state index in [1.54, 1.807) is 26.8 Å². The zero-order chi connectivity index (χ0) is 25.2. The molecule has 2 atom stereocenters. The number of anilines is 1. The van der Waals surface area contributed by atoms with Gasteiger partial charge in [0.2, 0.25) is 0 Å². The molecule has 1 saturated carbocycles. The highest BCUT2D eigenvalue weighted by molar-refractivity contribution is 7.99. The minimum Gasteiger partial charge on any atom is -0.444 e. The number of nitrogens with zero attached hydrogens (tertiary/aromatic N) is 2. The fraction of sp³-hybridized carbons (Fsp3) is 0.640. The zero-order valence-corrected chi connectivity index (χ0v) is 21.4. The van der Waals surface area contributed by atoms with Gasteiger partial charge in [-0.3, -0.25) is 4.79 Å². The van der Waals surface area contributed by atoms with Crippen molar-refractivity contribution in [2.75, 3.05) is 18.4 Å². The van der Waals surface area contributed by atoms with Crippen molar-refractivity contribution in [2.45, 2.75) is 88.1 Å². The second kappa shape index (κ2) is 10.7. The van der Waals surface area contributed by atoms with Gasteiger partial charge in [0.05, 0.1) is 17.8 Å². The summed E-state index contributed by atoms with van der Waals surface area (Å²) >= 11 is 1.49. The van der Waals surface area contributed by atoms with Crippen molar-refractivity contribution in [1.29, 1.82) is 0 Å². The molecular weight excluding hydrogens is 474 g/mol. The third-order valence-electron chi connectivity index (χ3n) is 6.30. The molecule has 0 spiro atoms. The first-order valence-corrected chi connectivity index (χ1v) is 13.3. The number of nitrogens with one attached hydrogen (secondary N) is 2. The second-order valence-corrected chi connectivity index (χ2v) is 11.8. The number of H-pyrrole nitrogens is 1. The number of carbonyl (C=O) groups is 1. The maximum Gasteiger partial charge on any atom is 0.410 e. The fourth-order valence-corrected chi connectivity index (χ4v) is 5.83. The van der Waals surface area contributed by atoms with Crippen molar-refractivity contribution in [3.05, 3.63) is 34.1 Å². The number of alkyl halides is 1. The summed E-state index contributed by atoms with van der Waals surface area (Å²) in [7, 11) is 0. The van der Waals surface area contributed by atoms with Gasteiger partial charge in [0.25, 0.3) is 5.56 Å². The zero-order valence-electron chi connectivity index (χ0n) is 20.5. The van der Waals surface area contributed by atoms with Gasteiger partial charge in [-0.25, -0.2) is 18.6 Å². The molecule has 7 nitrogen and oxygen atoms in total. The van der Waals surface area contributed by atoms with E-state index in [4.69, 9.17) is 4.74 Å². The summed E-state index contributed by atoms with van der Waals surface area (Å²) in [5.41, 5.74) is -0.214. The Bertz CT molecular complexity index is 1110. The molecule has 0 radical (unpaired) electrons. The predicted molar refractivity (Wildman–Crippen MR) is 135 cm³/mol. The topological polar surface area (TPSA) is 87.3 Å². The standard InChI is InChI=1S/C25H34F2N4O3S/c1-25(2,3)34-24(33)31-9-8-18(10-15(26)13-31)35-14-21-29-20-12-17(28-16-6-4-5-7-16)11-19(27)22(20)23(32)30-21/h11-12,15-16,18,28H,4-10,13-14H2,1-3H3,(H,29,30,32)/t15-,18+/m0/s1. The first-order chi connectivity index (χ1) is 16.6. The highest BCUT2D eigenvalue weighted by atomic mass is 32.2. The number of benzene rings is 1. The normalized spacial score (nSPS) is 21.8. The summed E-state index contributed by atoms with van der Waals surface area (Å²) in [4.78, 5) is 33.6. The number of halogens is 2. The lowest BCUT2D eigenvalue weighted by Gasteiger charge is -2.26. The number of thioether (sulfide) groups is 1. The SMILES string of the molecule is CC(C)(C)OC(=O)N1CC[C@@H](SCc2nc3cc(NC4CCCC4)cc(F)c3c(=O)[nH]2)C[C@H](F)C1. The van der Waals surface area contributed by atoms with Gasteiger partial charge < -0.3 is 19.9 Å². The molecule has 2 heterocycles. The summed E-state index contributed by atoms with van der Waals surface area (Å²) < 4.78 is 34.7. The highest BCUT2D eigenvalue weighted by Crippen LogP contribution is 2.29. The Morgan fingerprint density at radius 1 is 1.29 bits per heavy atom. The Hall–Kier alpha value is -2.36. The maximum absolute atomic E-state index is 14.7. The number of hydrogen-bond acceptors (Lipinski definition) is 6. The van der Waals surface area contributed by atoms with Gasteiger partial charge in [0.1, 0.15) is 28.8 Å². The van der Waals surface area contributed by atoms with Crippen molar-refractivity contribution in [2.24, 2.45) is 0 Å². The van der Waals surface area contributed by atoms with Gasteiger partial charge in [0, 0.05) is 23.5 Å². The Morgan fingerprint density at radius 2 is 2.03 bits per heavy atom. The Morgan fingerprint density at radius 3 is 2.74 bits per heavy atom. The molecule has 2 N–H and O–H groups in total. The number of aromatic nitrogens is 2. The minimum absolute atomic E-state index is 0.00702. The molecule has 4 rings (SSSR count). The first-order valence-electron chi connectivity index (χ1n) is 12.3. The Labute approximate surface area is 208 Å².